The zero-order chi connectivity index (χ0) is 14.5. The molecule has 104 valence electrons. The van der Waals surface area contributed by atoms with Crippen LogP contribution < -0.4 is 10.6 Å². The third-order valence-corrected chi connectivity index (χ3v) is 2.40. The fraction of sp³-hybridized carbons (Fsp3) is 0.333. The van der Waals surface area contributed by atoms with Crippen molar-refractivity contribution < 1.29 is 24.2 Å². The van der Waals surface area contributed by atoms with Crippen LogP contribution in [0.3, 0.4) is 0 Å². The van der Waals surface area contributed by atoms with Crippen LogP contribution in [0.5, 0.6) is 0 Å². The molecule has 0 heterocycles. The van der Waals surface area contributed by atoms with Crippen molar-refractivity contribution in [2.24, 2.45) is 0 Å². The van der Waals surface area contributed by atoms with Gasteiger partial charge in [0.2, 0.25) is 0 Å². The van der Waals surface area contributed by atoms with Gasteiger partial charge in [-0.05, 0) is 24.6 Å². The normalized spacial score (nSPS) is 13.4. The maximum absolute atomic E-state index is 12.9. The molecule has 4 N–H and O–H groups in total. The van der Waals surface area contributed by atoms with E-state index in [1.165, 1.54) is 18.2 Å². The number of amides is 2. The van der Waals surface area contributed by atoms with E-state index in [4.69, 9.17) is 5.11 Å². The molecule has 1 rings (SSSR count). The number of hydrogen-bond acceptors (Lipinski definition) is 3. The second kappa shape index (κ2) is 6.14. The van der Waals surface area contributed by atoms with Gasteiger partial charge >= 0.3 is 12.0 Å². The van der Waals surface area contributed by atoms with E-state index in [2.05, 4.69) is 10.6 Å². The molecule has 0 aromatic heterocycles. The minimum atomic E-state index is -2.03. The second-order valence-electron chi connectivity index (χ2n) is 4.25. The maximum Gasteiger partial charge on any atom is 0.337 e. The number of benzene rings is 1. The average molecular weight is 270 g/mol. The molecule has 1 aromatic carbocycles. The van der Waals surface area contributed by atoms with Crippen molar-refractivity contribution in [1.82, 2.24) is 10.6 Å². The Balaban J connectivity index is 2.39. The summed E-state index contributed by atoms with van der Waals surface area (Å²) < 4.78 is 12.9. The van der Waals surface area contributed by atoms with Gasteiger partial charge in [0.1, 0.15) is 5.82 Å². The number of hydrogen-bond donors (Lipinski definition) is 4. The molecule has 0 aliphatic carbocycles. The van der Waals surface area contributed by atoms with Gasteiger partial charge in [-0.15, -0.1) is 0 Å². The molecule has 0 saturated carbocycles. The second-order valence-corrected chi connectivity index (χ2v) is 4.25. The number of urea groups is 1. The topological polar surface area (TPSA) is 98.7 Å². The number of aliphatic hydroxyl groups is 1. The van der Waals surface area contributed by atoms with Crippen LogP contribution in [0.1, 0.15) is 12.5 Å². The van der Waals surface area contributed by atoms with Gasteiger partial charge in [0.25, 0.3) is 0 Å². The van der Waals surface area contributed by atoms with Crippen molar-refractivity contribution in [3.8, 4) is 0 Å². The summed E-state index contributed by atoms with van der Waals surface area (Å²) >= 11 is 0. The monoisotopic (exact) mass is 270 g/mol. The first-order chi connectivity index (χ1) is 8.81. The van der Waals surface area contributed by atoms with Gasteiger partial charge < -0.3 is 20.8 Å². The summed E-state index contributed by atoms with van der Waals surface area (Å²) in [5.41, 5.74) is -1.46. The van der Waals surface area contributed by atoms with Crippen molar-refractivity contribution in [2.75, 3.05) is 6.54 Å². The van der Waals surface area contributed by atoms with Crippen molar-refractivity contribution in [2.45, 2.75) is 19.1 Å². The van der Waals surface area contributed by atoms with Crippen molar-refractivity contribution in [1.29, 1.82) is 0 Å². The number of aliphatic carboxylic acids is 1. The molecular formula is C12H15FN2O4. The minimum Gasteiger partial charge on any atom is -0.479 e. The summed E-state index contributed by atoms with van der Waals surface area (Å²) in [6, 6.07) is 5.06. The lowest BCUT2D eigenvalue weighted by atomic mass is 10.1. The first-order valence-corrected chi connectivity index (χ1v) is 5.53. The van der Waals surface area contributed by atoms with E-state index < -0.39 is 30.0 Å². The SMILES string of the molecule is CC(O)(CNC(=O)NCc1cccc(F)c1)C(=O)O. The molecule has 0 aliphatic rings. The van der Waals surface area contributed by atoms with Gasteiger partial charge in [0, 0.05) is 6.54 Å². The number of nitrogens with one attached hydrogen (secondary N) is 2. The first-order valence-electron chi connectivity index (χ1n) is 5.53. The number of halogens is 1. The van der Waals surface area contributed by atoms with Crippen LogP contribution in [0, 0.1) is 5.82 Å². The lowest BCUT2D eigenvalue weighted by Crippen LogP contribution is -2.48. The molecule has 0 radical (unpaired) electrons. The molecule has 0 saturated heterocycles. The summed E-state index contributed by atoms with van der Waals surface area (Å²) in [4.78, 5) is 21.9. The number of carboxylic acids is 1. The lowest BCUT2D eigenvalue weighted by molar-refractivity contribution is -0.155. The van der Waals surface area contributed by atoms with Gasteiger partial charge in [-0.2, -0.15) is 0 Å². The Labute approximate surface area is 109 Å². The van der Waals surface area contributed by atoms with E-state index in [0.29, 0.717) is 5.56 Å². The predicted molar refractivity (Wildman–Crippen MR) is 64.9 cm³/mol. The number of carboxylic acid groups (broad SMARTS) is 1. The summed E-state index contributed by atoms with van der Waals surface area (Å²) in [6.07, 6.45) is 0. The smallest absolute Gasteiger partial charge is 0.337 e. The van der Waals surface area contributed by atoms with Gasteiger partial charge in [-0.1, -0.05) is 12.1 Å². The van der Waals surface area contributed by atoms with E-state index in [1.807, 2.05) is 0 Å². The molecule has 0 fully saturated rings. The fourth-order valence-electron chi connectivity index (χ4n) is 1.22. The van der Waals surface area contributed by atoms with Gasteiger partial charge in [0.05, 0.1) is 6.54 Å². The largest absolute Gasteiger partial charge is 0.479 e. The van der Waals surface area contributed by atoms with Crippen LogP contribution >= 0.6 is 0 Å². The van der Waals surface area contributed by atoms with E-state index in [0.717, 1.165) is 6.92 Å². The summed E-state index contributed by atoms with van der Waals surface area (Å²) in [6.45, 7) is 0.734. The fourth-order valence-corrected chi connectivity index (χ4v) is 1.22. The molecule has 1 unspecified atom stereocenters. The standard InChI is InChI=1S/C12H15FN2O4/c1-12(19,10(16)17)7-15-11(18)14-6-8-3-2-4-9(13)5-8/h2-5,19H,6-7H2,1H3,(H,16,17)(H2,14,15,18). The molecule has 19 heavy (non-hydrogen) atoms. The highest BCUT2D eigenvalue weighted by atomic mass is 19.1. The summed E-state index contributed by atoms with van der Waals surface area (Å²) in [5, 5.41) is 22.6. The van der Waals surface area contributed by atoms with E-state index in [1.54, 1.807) is 6.07 Å². The van der Waals surface area contributed by atoms with Crippen molar-refractivity contribution in [3.05, 3.63) is 35.6 Å². The van der Waals surface area contributed by atoms with E-state index >= 15 is 0 Å². The Morgan fingerprint density at radius 1 is 1.37 bits per heavy atom. The summed E-state index contributed by atoms with van der Waals surface area (Å²) in [5.74, 6) is -1.84. The molecule has 6 nitrogen and oxygen atoms in total. The average Bonchev–Trinajstić information content (AvgIpc) is 2.34. The van der Waals surface area contributed by atoms with Crippen LogP contribution in [0.2, 0.25) is 0 Å². The molecule has 1 atom stereocenters. The first kappa shape index (κ1) is 14.9. The predicted octanol–water partition coefficient (Wildman–Crippen LogP) is 0.460. The highest BCUT2D eigenvalue weighted by Crippen LogP contribution is 2.03. The van der Waals surface area contributed by atoms with Crippen molar-refractivity contribution >= 4 is 12.0 Å². The Morgan fingerprint density at radius 2 is 2.05 bits per heavy atom. The van der Waals surface area contributed by atoms with E-state index in [9.17, 15) is 19.1 Å². The van der Waals surface area contributed by atoms with Crippen LogP contribution in [0.15, 0.2) is 24.3 Å². The van der Waals surface area contributed by atoms with Crippen LogP contribution in [-0.4, -0.2) is 34.4 Å². The number of carbonyl (C=O) groups excluding carboxylic acids is 1. The number of carbonyl (C=O) groups is 2. The van der Waals surface area contributed by atoms with Gasteiger partial charge in [-0.25, -0.2) is 14.0 Å². The Hall–Kier alpha value is -2.15. The zero-order valence-corrected chi connectivity index (χ0v) is 10.3. The van der Waals surface area contributed by atoms with E-state index in [-0.39, 0.29) is 6.54 Å². The highest BCUT2D eigenvalue weighted by molar-refractivity contribution is 5.79. The molecule has 7 heteroatoms. The highest BCUT2D eigenvalue weighted by Gasteiger charge is 2.30. The van der Waals surface area contributed by atoms with Crippen molar-refractivity contribution in [3.63, 3.8) is 0 Å². The third kappa shape index (κ3) is 4.92. The Morgan fingerprint density at radius 3 is 2.63 bits per heavy atom. The molecule has 0 aliphatic heterocycles. The third-order valence-electron chi connectivity index (χ3n) is 2.40. The van der Waals surface area contributed by atoms with Crippen LogP contribution in [0.4, 0.5) is 9.18 Å². The molecular weight excluding hydrogens is 255 g/mol. The van der Waals surface area contributed by atoms with Crippen LogP contribution in [-0.2, 0) is 11.3 Å². The minimum absolute atomic E-state index is 0.0960. The quantitative estimate of drug-likeness (QED) is 0.624. The van der Waals surface area contributed by atoms with Gasteiger partial charge in [-0.3, -0.25) is 0 Å². The molecule has 2 amide bonds. The lowest BCUT2D eigenvalue weighted by Gasteiger charge is -2.18. The Kier molecular flexibility index (Phi) is 4.82. The molecule has 0 spiro atoms. The van der Waals surface area contributed by atoms with Crippen LogP contribution in [0.25, 0.3) is 0 Å². The molecule has 0 bridgehead atoms. The summed E-state index contributed by atoms with van der Waals surface area (Å²) in [7, 11) is 0. The molecule has 1 aromatic rings. The Bertz CT molecular complexity index is 477. The van der Waals surface area contributed by atoms with Gasteiger partial charge in [0.15, 0.2) is 5.60 Å². The zero-order valence-electron chi connectivity index (χ0n) is 10.3. The number of rotatable bonds is 5. The maximum atomic E-state index is 12.9.